The molecule has 0 spiro atoms. The van der Waals surface area contributed by atoms with Crippen LogP contribution in [0, 0.1) is 6.92 Å². The largest absolute Gasteiger partial charge is 0.493 e. The van der Waals surface area contributed by atoms with E-state index < -0.39 is 0 Å². The van der Waals surface area contributed by atoms with Gasteiger partial charge in [-0.25, -0.2) is 0 Å². The minimum Gasteiger partial charge on any atom is -0.493 e. The lowest BCUT2D eigenvalue weighted by atomic mass is 10.1. The average molecular weight is 347 g/mol. The first-order valence-electron chi connectivity index (χ1n) is 8.41. The topological polar surface area (TPSA) is 41.9 Å². The van der Waals surface area contributed by atoms with Crippen LogP contribution in [0.4, 0.5) is 0 Å². The van der Waals surface area contributed by atoms with Crippen LogP contribution in [-0.2, 0) is 6.54 Å². The Bertz CT molecular complexity index is 698. The maximum absolute atomic E-state index is 9.98. The molecule has 2 heterocycles. The summed E-state index contributed by atoms with van der Waals surface area (Å²) in [4.78, 5) is 4.78. The van der Waals surface area contributed by atoms with E-state index in [1.807, 2.05) is 6.92 Å². The standard InChI is InChI=1S/C19H25NO3S/c1-4-16(21)12-20-7-8-23-19-15(11-20)9-14(10-17(19)22-3)18-6-5-13(2)24-18/h5-6,9-10,16,21H,4,7-8,11-12H2,1-3H3. The van der Waals surface area contributed by atoms with E-state index in [0.29, 0.717) is 13.2 Å². The second kappa shape index (κ2) is 7.55. The van der Waals surface area contributed by atoms with Crippen LogP contribution in [-0.4, -0.2) is 42.9 Å². The van der Waals surface area contributed by atoms with Crippen LogP contribution in [0.2, 0.25) is 0 Å². The van der Waals surface area contributed by atoms with E-state index in [9.17, 15) is 5.11 Å². The molecule has 2 aromatic rings. The van der Waals surface area contributed by atoms with E-state index in [0.717, 1.165) is 42.1 Å². The highest BCUT2D eigenvalue weighted by Crippen LogP contribution is 2.40. The molecule has 0 aliphatic carbocycles. The van der Waals surface area contributed by atoms with Gasteiger partial charge in [-0.05, 0) is 43.2 Å². The number of hydrogen-bond acceptors (Lipinski definition) is 5. The molecule has 0 bridgehead atoms. The normalized spacial score (nSPS) is 16.2. The van der Waals surface area contributed by atoms with Crippen molar-refractivity contribution in [2.45, 2.75) is 32.9 Å². The van der Waals surface area contributed by atoms with E-state index in [4.69, 9.17) is 9.47 Å². The molecule has 5 heteroatoms. The molecule has 1 aliphatic rings. The second-order valence-corrected chi connectivity index (χ2v) is 7.51. The smallest absolute Gasteiger partial charge is 0.165 e. The molecule has 0 radical (unpaired) electrons. The van der Waals surface area contributed by atoms with Crippen LogP contribution in [0.3, 0.4) is 0 Å². The van der Waals surface area contributed by atoms with Crippen LogP contribution < -0.4 is 9.47 Å². The Labute approximate surface area is 147 Å². The first-order valence-corrected chi connectivity index (χ1v) is 9.23. The minimum absolute atomic E-state index is 0.295. The Morgan fingerprint density at radius 1 is 1.38 bits per heavy atom. The van der Waals surface area contributed by atoms with Crippen molar-refractivity contribution in [3.05, 3.63) is 34.7 Å². The monoisotopic (exact) mass is 347 g/mol. The number of aliphatic hydroxyl groups excluding tert-OH is 1. The summed E-state index contributed by atoms with van der Waals surface area (Å²) in [7, 11) is 1.69. The Morgan fingerprint density at radius 2 is 2.21 bits per heavy atom. The van der Waals surface area contributed by atoms with Crippen LogP contribution in [0.5, 0.6) is 11.5 Å². The van der Waals surface area contributed by atoms with Gasteiger partial charge in [0.1, 0.15) is 6.61 Å². The fourth-order valence-electron chi connectivity index (χ4n) is 3.00. The number of fused-ring (bicyclic) bond motifs is 1. The Kier molecular flexibility index (Phi) is 5.43. The number of methoxy groups -OCH3 is 1. The number of β-amino-alcohol motifs (C(OH)–C–C–N with tert-alkyl or cyclic N) is 1. The highest BCUT2D eigenvalue weighted by molar-refractivity contribution is 7.15. The average Bonchev–Trinajstić information content (AvgIpc) is 2.91. The first kappa shape index (κ1) is 17.3. The number of aliphatic hydroxyl groups is 1. The van der Waals surface area contributed by atoms with Crippen LogP contribution in [0.25, 0.3) is 10.4 Å². The molecule has 1 aliphatic heterocycles. The van der Waals surface area contributed by atoms with Gasteiger partial charge in [-0.3, -0.25) is 4.90 Å². The van der Waals surface area contributed by atoms with Crippen LogP contribution in [0.15, 0.2) is 24.3 Å². The van der Waals surface area contributed by atoms with Crippen molar-refractivity contribution in [2.75, 3.05) is 26.8 Å². The van der Waals surface area contributed by atoms with Gasteiger partial charge in [0.2, 0.25) is 0 Å². The molecule has 1 aromatic heterocycles. The van der Waals surface area contributed by atoms with Crippen molar-refractivity contribution >= 4 is 11.3 Å². The zero-order valence-corrected chi connectivity index (χ0v) is 15.4. The molecule has 3 rings (SSSR count). The number of thiophene rings is 1. The highest BCUT2D eigenvalue weighted by Gasteiger charge is 2.22. The van der Waals surface area contributed by atoms with E-state index >= 15 is 0 Å². The lowest BCUT2D eigenvalue weighted by molar-refractivity contribution is 0.101. The lowest BCUT2D eigenvalue weighted by Gasteiger charge is -2.22. The quantitative estimate of drug-likeness (QED) is 0.895. The van der Waals surface area contributed by atoms with Gasteiger partial charge in [0.15, 0.2) is 11.5 Å². The Morgan fingerprint density at radius 3 is 2.88 bits per heavy atom. The summed E-state index contributed by atoms with van der Waals surface area (Å²) in [6, 6.07) is 8.54. The van der Waals surface area contributed by atoms with Crippen molar-refractivity contribution in [1.82, 2.24) is 4.90 Å². The number of nitrogens with zero attached hydrogens (tertiary/aromatic N) is 1. The molecule has 1 N–H and O–H groups in total. The summed E-state index contributed by atoms with van der Waals surface area (Å²) < 4.78 is 11.6. The second-order valence-electron chi connectivity index (χ2n) is 6.22. The number of rotatable bonds is 5. The van der Waals surface area contributed by atoms with E-state index in [2.05, 4.69) is 36.1 Å². The van der Waals surface area contributed by atoms with E-state index in [1.165, 1.54) is 9.75 Å². The third kappa shape index (κ3) is 3.74. The Hall–Kier alpha value is -1.56. The molecule has 1 aromatic carbocycles. The summed E-state index contributed by atoms with van der Waals surface area (Å²) in [5.41, 5.74) is 2.28. The highest BCUT2D eigenvalue weighted by atomic mass is 32.1. The maximum atomic E-state index is 9.98. The SMILES string of the molecule is CCC(O)CN1CCOc2c(cc(-c3ccc(C)s3)cc2OC)C1. The van der Waals surface area contributed by atoms with E-state index in [-0.39, 0.29) is 6.10 Å². The van der Waals surface area contributed by atoms with Gasteiger partial charge >= 0.3 is 0 Å². The van der Waals surface area contributed by atoms with Gasteiger partial charge in [0.05, 0.1) is 13.2 Å². The van der Waals surface area contributed by atoms with Crippen molar-refractivity contribution in [3.8, 4) is 21.9 Å². The number of hydrogen-bond donors (Lipinski definition) is 1. The predicted molar refractivity (Wildman–Crippen MR) is 98.1 cm³/mol. The molecule has 0 amide bonds. The van der Waals surface area contributed by atoms with Gasteiger partial charge in [0.25, 0.3) is 0 Å². The van der Waals surface area contributed by atoms with Crippen molar-refractivity contribution in [1.29, 1.82) is 0 Å². The summed E-state index contributed by atoms with van der Waals surface area (Å²) in [6.07, 6.45) is 0.471. The number of benzene rings is 1. The number of ether oxygens (including phenoxy) is 2. The van der Waals surface area contributed by atoms with Crippen molar-refractivity contribution < 1.29 is 14.6 Å². The molecule has 1 unspecified atom stereocenters. The third-order valence-corrected chi connectivity index (χ3v) is 5.41. The van der Waals surface area contributed by atoms with Crippen LogP contribution in [0.1, 0.15) is 23.8 Å². The fourth-order valence-corrected chi connectivity index (χ4v) is 3.86. The summed E-state index contributed by atoms with van der Waals surface area (Å²) in [5, 5.41) is 9.98. The molecule has 0 saturated carbocycles. The van der Waals surface area contributed by atoms with Crippen molar-refractivity contribution in [3.63, 3.8) is 0 Å². The first-order chi connectivity index (χ1) is 11.6. The molecule has 130 valence electrons. The van der Waals surface area contributed by atoms with Gasteiger partial charge in [0, 0.05) is 35.0 Å². The molecule has 4 nitrogen and oxygen atoms in total. The molecule has 0 saturated heterocycles. The van der Waals surface area contributed by atoms with Gasteiger partial charge < -0.3 is 14.6 Å². The molecule has 0 fully saturated rings. The zero-order valence-electron chi connectivity index (χ0n) is 14.5. The summed E-state index contributed by atoms with van der Waals surface area (Å²) in [6.45, 7) is 6.98. The predicted octanol–water partition coefficient (Wildman–Crippen LogP) is 3.70. The molecular weight excluding hydrogens is 322 g/mol. The maximum Gasteiger partial charge on any atom is 0.165 e. The Balaban J connectivity index is 1.95. The van der Waals surface area contributed by atoms with E-state index in [1.54, 1.807) is 18.4 Å². The minimum atomic E-state index is -0.295. The van der Waals surface area contributed by atoms with Gasteiger partial charge in [-0.2, -0.15) is 0 Å². The van der Waals surface area contributed by atoms with Crippen molar-refractivity contribution in [2.24, 2.45) is 0 Å². The van der Waals surface area contributed by atoms with Crippen LogP contribution >= 0.6 is 11.3 Å². The van der Waals surface area contributed by atoms with Gasteiger partial charge in [-0.15, -0.1) is 11.3 Å². The summed E-state index contributed by atoms with van der Waals surface area (Å²) in [5.74, 6) is 1.62. The van der Waals surface area contributed by atoms with Gasteiger partial charge in [-0.1, -0.05) is 6.92 Å². The fraction of sp³-hybridized carbons (Fsp3) is 0.474. The summed E-state index contributed by atoms with van der Waals surface area (Å²) >= 11 is 1.78. The zero-order chi connectivity index (χ0) is 17.1. The molecule has 24 heavy (non-hydrogen) atoms. The molecular formula is C19H25NO3S. The lowest BCUT2D eigenvalue weighted by Crippen LogP contribution is -2.33. The third-order valence-electron chi connectivity index (χ3n) is 4.36. The molecule has 1 atom stereocenters. The number of aryl methyl sites for hydroxylation is 1.